The standard InChI is InChI=1S/C18H17IO2/c19-17-15-8-11(10-4-5-10)2-1-3-12(15)6-13-7-14(18(20)21)9-16(13)17/h1,3,6,8,10,14H,2,4-5,7,9H2,(H,20,21). The van der Waals surface area contributed by atoms with Gasteiger partial charge in [-0.25, -0.2) is 0 Å². The van der Waals surface area contributed by atoms with E-state index in [1.165, 1.54) is 38.7 Å². The van der Waals surface area contributed by atoms with Gasteiger partial charge < -0.3 is 5.11 Å². The summed E-state index contributed by atoms with van der Waals surface area (Å²) in [6, 6.07) is 2.22. The molecule has 1 N–H and O–H groups in total. The summed E-state index contributed by atoms with van der Waals surface area (Å²) < 4.78 is 1.27. The number of halogens is 1. The Bertz CT molecular complexity index is 696. The Morgan fingerprint density at radius 1 is 1.29 bits per heavy atom. The molecule has 4 rings (SSSR count). The van der Waals surface area contributed by atoms with Crippen molar-refractivity contribution in [1.29, 1.82) is 0 Å². The summed E-state index contributed by atoms with van der Waals surface area (Å²) in [5.41, 5.74) is 6.63. The van der Waals surface area contributed by atoms with Gasteiger partial charge >= 0.3 is 5.97 Å². The third-order valence-electron chi connectivity index (χ3n) is 4.88. The fourth-order valence-corrected chi connectivity index (χ4v) is 4.57. The van der Waals surface area contributed by atoms with Crippen molar-refractivity contribution in [2.24, 2.45) is 11.8 Å². The molecule has 1 saturated carbocycles. The zero-order valence-electron chi connectivity index (χ0n) is 11.7. The Kier molecular flexibility index (Phi) is 3.21. The molecule has 1 unspecified atom stereocenters. The summed E-state index contributed by atoms with van der Waals surface area (Å²) in [6.45, 7) is 0. The number of hydrogen-bond acceptors (Lipinski definition) is 1. The molecule has 0 heterocycles. The van der Waals surface area contributed by atoms with E-state index < -0.39 is 5.97 Å². The molecule has 1 aromatic carbocycles. The Balaban J connectivity index is 1.82. The predicted molar refractivity (Wildman–Crippen MR) is 92.0 cm³/mol. The number of carboxylic acid groups (broad SMARTS) is 1. The third kappa shape index (κ3) is 2.35. The molecular formula is C18H17IO2. The van der Waals surface area contributed by atoms with E-state index in [2.05, 4.69) is 46.9 Å². The summed E-state index contributed by atoms with van der Waals surface area (Å²) in [5, 5.41) is 9.28. The number of aliphatic carboxylic acids is 1. The highest BCUT2D eigenvalue weighted by Gasteiger charge is 2.31. The van der Waals surface area contributed by atoms with E-state index in [0.717, 1.165) is 12.3 Å². The van der Waals surface area contributed by atoms with Crippen molar-refractivity contribution in [2.75, 3.05) is 0 Å². The van der Waals surface area contributed by atoms with Crippen LogP contribution in [0, 0.1) is 15.4 Å². The van der Waals surface area contributed by atoms with Crippen LogP contribution in [0.5, 0.6) is 0 Å². The monoisotopic (exact) mass is 392 g/mol. The lowest BCUT2D eigenvalue weighted by Gasteiger charge is -2.11. The molecule has 1 atom stereocenters. The zero-order chi connectivity index (χ0) is 14.6. The van der Waals surface area contributed by atoms with Crippen LogP contribution in [0.15, 0.2) is 17.7 Å². The first kappa shape index (κ1) is 13.6. The van der Waals surface area contributed by atoms with Gasteiger partial charge in [0, 0.05) is 3.57 Å². The Hall–Kier alpha value is -1.10. The van der Waals surface area contributed by atoms with Crippen LogP contribution in [-0.4, -0.2) is 11.1 Å². The molecule has 0 saturated heterocycles. The SMILES string of the molecule is O=C(O)C1Cc2cc3c(c(I)c2C1)C=C(C1CC1)CC=C3. The van der Waals surface area contributed by atoms with E-state index >= 15 is 0 Å². The molecule has 0 aromatic heterocycles. The maximum absolute atomic E-state index is 11.3. The van der Waals surface area contributed by atoms with E-state index in [4.69, 9.17) is 0 Å². The first-order valence-electron chi connectivity index (χ1n) is 7.57. The van der Waals surface area contributed by atoms with Crippen molar-refractivity contribution in [2.45, 2.75) is 32.1 Å². The fraction of sp³-hybridized carbons (Fsp3) is 0.389. The van der Waals surface area contributed by atoms with Gasteiger partial charge in [0.25, 0.3) is 0 Å². The topological polar surface area (TPSA) is 37.3 Å². The largest absolute Gasteiger partial charge is 0.481 e. The van der Waals surface area contributed by atoms with Crippen LogP contribution >= 0.6 is 22.6 Å². The minimum absolute atomic E-state index is 0.240. The summed E-state index contributed by atoms with van der Waals surface area (Å²) in [6.07, 6.45) is 12.0. The van der Waals surface area contributed by atoms with Gasteiger partial charge in [-0.1, -0.05) is 29.9 Å². The van der Waals surface area contributed by atoms with Crippen molar-refractivity contribution in [3.05, 3.63) is 43.5 Å². The first-order valence-corrected chi connectivity index (χ1v) is 8.65. The van der Waals surface area contributed by atoms with Crippen LogP contribution in [0.1, 0.15) is 41.5 Å². The van der Waals surface area contributed by atoms with Crippen LogP contribution in [0.4, 0.5) is 0 Å². The Labute approximate surface area is 138 Å². The van der Waals surface area contributed by atoms with Crippen molar-refractivity contribution in [1.82, 2.24) is 0 Å². The maximum Gasteiger partial charge on any atom is 0.307 e. The minimum atomic E-state index is -0.665. The fourth-order valence-electron chi connectivity index (χ4n) is 3.53. The normalized spacial score (nSPS) is 23.3. The van der Waals surface area contributed by atoms with E-state index in [1.807, 2.05) is 0 Å². The molecule has 1 aromatic rings. The van der Waals surface area contributed by atoms with Crippen molar-refractivity contribution < 1.29 is 9.90 Å². The highest BCUT2D eigenvalue weighted by molar-refractivity contribution is 14.1. The van der Waals surface area contributed by atoms with Crippen molar-refractivity contribution >= 4 is 40.7 Å². The molecular weight excluding hydrogens is 375 g/mol. The second kappa shape index (κ2) is 4.97. The molecule has 0 aliphatic heterocycles. The Morgan fingerprint density at radius 3 is 2.81 bits per heavy atom. The van der Waals surface area contributed by atoms with Gasteiger partial charge in [0.1, 0.15) is 0 Å². The predicted octanol–water partition coefficient (Wildman–Crippen LogP) is 4.30. The average molecular weight is 392 g/mol. The lowest BCUT2D eigenvalue weighted by molar-refractivity contribution is -0.141. The number of fused-ring (bicyclic) bond motifs is 2. The highest BCUT2D eigenvalue weighted by Crippen LogP contribution is 2.43. The van der Waals surface area contributed by atoms with Gasteiger partial charge in [0.05, 0.1) is 5.92 Å². The van der Waals surface area contributed by atoms with E-state index in [1.54, 1.807) is 5.57 Å². The summed E-state index contributed by atoms with van der Waals surface area (Å²) >= 11 is 2.42. The molecule has 3 aliphatic rings. The van der Waals surface area contributed by atoms with Crippen LogP contribution in [0.3, 0.4) is 0 Å². The van der Waals surface area contributed by atoms with Crippen LogP contribution in [-0.2, 0) is 17.6 Å². The van der Waals surface area contributed by atoms with Gasteiger partial charge in [0.2, 0.25) is 0 Å². The van der Waals surface area contributed by atoms with E-state index in [-0.39, 0.29) is 5.92 Å². The average Bonchev–Trinajstić information content (AvgIpc) is 3.21. The molecule has 108 valence electrons. The molecule has 2 nitrogen and oxygen atoms in total. The summed E-state index contributed by atoms with van der Waals surface area (Å²) in [4.78, 5) is 11.3. The Morgan fingerprint density at radius 2 is 2.10 bits per heavy atom. The molecule has 0 amide bonds. The second-order valence-electron chi connectivity index (χ2n) is 6.37. The molecule has 1 fully saturated rings. The lowest BCUT2D eigenvalue weighted by atomic mass is 9.98. The number of rotatable bonds is 2. The number of carboxylic acids is 1. The summed E-state index contributed by atoms with van der Waals surface area (Å²) in [5.74, 6) is -0.117. The number of hydrogen-bond donors (Lipinski definition) is 1. The first-order chi connectivity index (χ1) is 10.1. The molecule has 0 radical (unpaired) electrons. The second-order valence-corrected chi connectivity index (χ2v) is 7.45. The zero-order valence-corrected chi connectivity index (χ0v) is 13.9. The van der Waals surface area contributed by atoms with Crippen LogP contribution in [0.2, 0.25) is 0 Å². The lowest BCUT2D eigenvalue weighted by Crippen LogP contribution is -2.13. The third-order valence-corrected chi connectivity index (χ3v) is 6.11. The number of carbonyl (C=O) groups is 1. The van der Waals surface area contributed by atoms with Gasteiger partial charge in [-0.3, -0.25) is 4.79 Å². The minimum Gasteiger partial charge on any atom is -0.481 e. The van der Waals surface area contributed by atoms with Crippen LogP contribution < -0.4 is 0 Å². The van der Waals surface area contributed by atoms with Crippen LogP contribution in [0.25, 0.3) is 12.2 Å². The number of benzene rings is 1. The van der Waals surface area contributed by atoms with Gasteiger partial charge in [-0.15, -0.1) is 0 Å². The number of allylic oxidation sites excluding steroid dienone is 2. The van der Waals surface area contributed by atoms with E-state index in [0.29, 0.717) is 12.8 Å². The molecule has 3 heteroatoms. The maximum atomic E-state index is 11.3. The van der Waals surface area contributed by atoms with Gasteiger partial charge in [-0.05, 0) is 82.9 Å². The van der Waals surface area contributed by atoms with Crippen molar-refractivity contribution in [3.63, 3.8) is 0 Å². The molecule has 3 aliphatic carbocycles. The molecule has 0 bridgehead atoms. The van der Waals surface area contributed by atoms with Gasteiger partial charge in [-0.2, -0.15) is 0 Å². The summed E-state index contributed by atoms with van der Waals surface area (Å²) in [7, 11) is 0. The highest BCUT2D eigenvalue weighted by atomic mass is 127. The van der Waals surface area contributed by atoms with E-state index in [9.17, 15) is 9.90 Å². The van der Waals surface area contributed by atoms with Gasteiger partial charge in [0.15, 0.2) is 0 Å². The molecule has 21 heavy (non-hydrogen) atoms. The smallest absolute Gasteiger partial charge is 0.307 e. The molecule has 0 spiro atoms. The quantitative estimate of drug-likeness (QED) is 0.763. The van der Waals surface area contributed by atoms with Crippen molar-refractivity contribution in [3.8, 4) is 0 Å².